The Hall–Kier alpha value is -2.80. The maximum absolute atomic E-state index is 5.51. The third-order valence-corrected chi connectivity index (χ3v) is 4.76. The lowest BCUT2D eigenvalue weighted by molar-refractivity contribution is 0.0570. The van der Waals surface area contributed by atoms with E-state index in [9.17, 15) is 0 Å². The number of nitrogens with zero attached hydrogens (tertiary/aromatic N) is 4. The summed E-state index contributed by atoms with van der Waals surface area (Å²) < 4.78 is 11.0. The van der Waals surface area contributed by atoms with Crippen LogP contribution in [0.2, 0.25) is 0 Å². The van der Waals surface area contributed by atoms with Gasteiger partial charge in [-0.25, -0.2) is 9.97 Å². The Bertz CT molecular complexity index is 862. The Morgan fingerprint density at radius 2 is 1.93 bits per heavy atom. The van der Waals surface area contributed by atoms with Gasteiger partial charge in [0.05, 0.1) is 0 Å². The molecule has 1 aliphatic heterocycles. The van der Waals surface area contributed by atoms with Crippen molar-refractivity contribution in [3.63, 3.8) is 0 Å². The second kappa shape index (κ2) is 8.26. The van der Waals surface area contributed by atoms with Gasteiger partial charge in [-0.3, -0.25) is 0 Å². The summed E-state index contributed by atoms with van der Waals surface area (Å²) in [5.41, 5.74) is 1.18. The van der Waals surface area contributed by atoms with E-state index in [2.05, 4.69) is 32.6 Å². The number of ether oxygens (including phenoxy) is 1. The highest BCUT2D eigenvalue weighted by Gasteiger charge is 2.30. The average molecular weight is 365 g/mol. The first-order valence-corrected chi connectivity index (χ1v) is 9.28. The van der Waals surface area contributed by atoms with Crippen LogP contribution >= 0.6 is 0 Å². The molecule has 1 N–H and O–H groups in total. The molecular formula is C20H23N5O2. The Morgan fingerprint density at radius 1 is 1.11 bits per heavy atom. The Morgan fingerprint density at radius 3 is 2.67 bits per heavy atom. The molecule has 1 atom stereocenters. The van der Waals surface area contributed by atoms with E-state index >= 15 is 0 Å². The van der Waals surface area contributed by atoms with Crippen LogP contribution in [0.4, 0.5) is 5.82 Å². The Labute approximate surface area is 158 Å². The third kappa shape index (κ3) is 4.49. The van der Waals surface area contributed by atoms with Gasteiger partial charge in [-0.2, -0.15) is 4.98 Å². The van der Waals surface area contributed by atoms with Crippen molar-refractivity contribution in [1.82, 2.24) is 20.1 Å². The lowest BCUT2D eigenvalue weighted by atomic mass is 9.91. The van der Waals surface area contributed by atoms with Crippen molar-refractivity contribution in [2.75, 3.05) is 18.5 Å². The molecule has 7 heteroatoms. The smallest absolute Gasteiger partial charge is 0.249 e. The van der Waals surface area contributed by atoms with Gasteiger partial charge in [-0.05, 0) is 37.3 Å². The van der Waals surface area contributed by atoms with Gasteiger partial charge in [-0.15, -0.1) is 0 Å². The van der Waals surface area contributed by atoms with Gasteiger partial charge in [0, 0.05) is 25.8 Å². The minimum Gasteiger partial charge on any atom is -0.381 e. The number of benzene rings is 1. The van der Waals surface area contributed by atoms with Crippen LogP contribution in [0.15, 0.2) is 47.1 Å². The third-order valence-electron chi connectivity index (χ3n) is 4.76. The van der Waals surface area contributed by atoms with E-state index in [4.69, 9.17) is 14.2 Å². The highest BCUT2D eigenvalue weighted by atomic mass is 16.5. The minimum atomic E-state index is -0.0884. The van der Waals surface area contributed by atoms with Crippen LogP contribution in [0.1, 0.15) is 42.0 Å². The fourth-order valence-electron chi connectivity index (χ4n) is 3.37. The van der Waals surface area contributed by atoms with Gasteiger partial charge in [-0.1, -0.05) is 35.5 Å². The van der Waals surface area contributed by atoms with E-state index in [1.54, 1.807) is 6.20 Å². The van der Waals surface area contributed by atoms with Crippen molar-refractivity contribution in [2.45, 2.75) is 32.2 Å². The molecule has 7 nitrogen and oxygen atoms in total. The standard InChI is InChI=1S/C20H23N5O2/c1-14-22-20(27-25-14)19(16-8-11-26-12-9-16)24-17-7-10-21-18(23-17)13-15-5-3-2-4-6-15/h2-7,10,16,19H,8-9,11-13H2,1H3,(H,21,23,24). The van der Waals surface area contributed by atoms with Gasteiger partial charge in [0.1, 0.15) is 17.7 Å². The van der Waals surface area contributed by atoms with Gasteiger partial charge in [0.25, 0.3) is 0 Å². The number of aromatic nitrogens is 4. The molecule has 0 bridgehead atoms. The lowest BCUT2D eigenvalue weighted by Gasteiger charge is -2.28. The zero-order chi connectivity index (χ0) is 18.5. The SMILES string of the molecule is Cc1noc(C(Nc2ccnc(Cc3ccccc3)n2)C2CCOCC2)n1. The largest absolute Gasteiger partial charge is 0.381 e. The number of rotatable bonds is 6. The summed E-state index contributed by atoms with van der Waals surface area (Å²) in [6.07, 6.45) is 4.37. The molecule has 2 aromatic heterocycles. The van der Waals surface area contributed by atoms with E-state index in [0.29, 0.717) is 24.1 Å². The summed E-state index contributed by atoms with van der Waals surface area (Å²) in [7, 11) is 0. The molecule has 0 radical (unpaired) electrons. The van der Waals surface area contributed by atoms with E-state index in [-0.39, 0.29) is 6.04 Å². The summed E-state index contributed by atoms with van der Waals surface area (Å²) in [5, 5.41) is 7.46. The molecule has 1 aliphatic rings. The highest BCUT2D eigenvalue weighted by Crippen LogP contribution is 2.32. The average Bonchev–Trinajstić information content (AvgIpc) is 3.14. The van der Waals surface area contributed by atoms with E-state index in [0.717, 1.165) is 37.7 Å². The Kier molecular flexibility index (Phi) is 5.39. The molecule has 140 valence electrons. The van der Waals surface area contributed by atoms with Gasteiger partial charge < -0.3 is 14.6 Å². The zero-order valence-corrected chi connectivity index (χ0v) is 15.3. The van der Waals surface area contributed by atoms with E-state index in [1.807, 2.05) is 31.2 Å². The molecule has 1 aromatic carbocycles. The van der Waals surface area contributed by atoms with Crippen molar-refractivity contribution in [3.05, 3.63) is 65.7 Å². The predicted octanol–water partition coefficient (Wildman–Crippen LogP) is 3.34. The summed E-state index contributed by atoms with van der Waals surface area (Å²) >= 11 is 0. The molecule has 3 aromatic rings. The van der Waals surface area contributed by atoms with Gasteiger partial charge >= 0.3 is 0 Å². The van der Waals surface area contributed by atoms with Crippen LogP contribution < -0.4 is 5.32 Å². The maximum Gasteiger partial charge on any atom is 0.249 e. The summed E-state index contributed by atoms with van der Waals surface area (Å²) in [5.74, 6) is 3.13. The first-order valence-electron chi connectivity index (χ1n) is 9.28. The van der Waals surface area contributed by atoms with Crippen molar-refractivity contribution < 1.29 is 9.26 Å². The number of hydrogen-bond acceptors (Lipinski definition) is 7. The van der Waals surface area contributed by atoms with Crippen molar-refractivity contribution >= 4 is 5.82 Å². The molecule has 1 unspecified atom stereocenters. The van der Waals surface area contributed by atoms with E-state index in [1.165, 1.54) is 5.56 Å². The number of anilines is 1. The molecule has 3 heterocycles. The fourth-order valence-corrected chi connectivity index (χ4v) is 3.37. The maximum atomic E-state index is 5.51. The highest BCUT2D eigenvalue weighted by molar-refractivity contribution is 5.36. The molecule has 1 saturated heterocycles. The first kappa shape index (κ1) is 17.6. The summed E-state index contributed by atoms with van der Waals surface area (Å²) in [6, 6.07) is 12.0. The normalized spacial score (nSPS) is 16.2. The van der Waals surface area contributed by atoms with Crippen LogP contribution in [-0.2, 0) is 11.2 Å². The topological polar surface area (TPSA) is 86.0 Å². The zero-order valence-electron chi connectivity index (χ0n) is 15.3. The first-order chi connectivity index (χ1) is 13.3. The van der Waals surface area contributed by atoms with Crippen LogP contribution in [0, 0.1) is 12.8 Å². The van der Waals surface area contributed by atoms with Crippen molar-refractivity contribution in [3.8, 4) is 0 Å². The van der Waals surface area contributed by atoms with Crippen molar-refractivity contribution in [2.24, 2.45) is 5.92 Å². The quantitative estimate of drug-likeness (QED) is 0.717. The lowest BCUT2D eigenvalue weighted by Crippen LogP contribution is -2.27. The molecule has 27 heavy (non-hydrogen) atoms. The second-order valence-electron chi connectivity index (χ2n) is 6.77. The molecule has 4 rings (SSSR count). The second-order valence-corrected chi connectivity index (χ2v) is 6.77. The van der Waals surface area contributed by atoms with Crippen LogP contribution in [0.25, 0.3) is 0 Å². The molecule has 0 amide bonds. The molecular weight excluding hydrogens is 342 g/mol. The Balaban J connectivity index is 1.54. The van der Waals surface area contributed by atoms with Crippen LogP contribution in [0.5, 0.6) is 0 Å². The fraction of sp³-hybridized carbons (Fsp3) is 0.400. The molecule has 0 spiro atoms. The predicted molar refractivity (Wildman–Crippen MR) is 100 cm³/mol. The molecule has 1 fully saturated rings. The number of nitrogens with one attached hydrogen (secondary N) is 1. The van der Waals surface area contributed by atoms with Crippen LogP contribution in [-0.4, -0.2) is 33.3 Å². The number of aryl methyl sites for hydroxylation is 1. The number of hydrogen-bond donors (Lipinski definition) is 1. The van der Waals surface area contributed by atoms with Gasteiger partial charge in [0.15, 0.2) is 5.82 Å². The van der Waals surface area contributed by atoms with Crippen LogP contribution in [0.3, 0.4) is 0 Å². The molecule has 0 aliphatic carbocycles. The summed E-state index contributed by atoms with van der Waals surface area (Å²) in [4.78, 5) is 13.5. The van der Waals surface area contributed by atoms with Gasteiger partial charge in [0.2, 0.25) is 5.89 Å². The summed E-state index contributed by atoms with van der Waals surface area (Å²) in [6.45, 7) is 3.33. The molecule has 0 saturated carbocycles. The monoisotopic (exact) mass is 365 g/mol. The van der Waals surface area contributed by atoms with Crippen molar-refractivity contribution in [1.29, 1.82) is 0 Å². The minimum absolute atomic E-state index is 0.0884. The van der Waals surface area contributed by atoms with E-state index < -0.39 is 0 Å².